The molecule has 0 saturated heterocycles. The van der Waals surface area contributed by atoms with E-state index >= 15 is 0 Å². The quantitative estimate of drug-likeness (QED) is 0.907. The molecule has 5 heteroatoms. The summed E-state index contributed by atoms with van der Waals surface area (Å²) < 4.78 is 0. The van der Waals surface area contributed by atoms with Gasteiger partial charge in [-0.1, -0.05) is 24.3 Å². The van der Waals surface area contributed by atoms with Crippen molar-refractivity contribution in [2.75, 3.05) is 5.32 Å². The zero-order valence-corrected chi connectivity index (χ0v) is 13.4. The first-order valence-electron chi connectivity index (χ1n) is 8.16. The maximum Gasteiger partial charge on any atom is 0.271 e. The average Bonchev–Trinajstić information content (AvgIpc) is 2.57. The molecular formula is C19H19N3O2. The minimum Gasteiger partial charge on any atom is -0.324 e. The topological polar surface area (TPSA) is 85.8 Å². The summed E-state index contributed by atoms with van der Waals surface area (Å²) in [4.78, 5) is 27.3. The van der Waals surface area contributed by atoms with Crippen molar-refractivity contribution in [1.82, 2.24) is 4.98 Å². The van der Waals surface area contributed by atoms with Crippen LogP contribution in [0.4, 0.5) is 5.69 Å². The number of nitrogens with zero attached hydrogens (tertiary/aromatic N) is 1. The van der Waals surface area contributed by atoms with Gasteiger partial charge in [-0.15, -0.1) is 0 Å². The normalized spacial score (nSPS) is 13.0. The fourth-order valence-corrected chi connectivity index (χ4v) is 3.12. The zero-order chi connectivity index (χ0) is 16.9. The smallest absolute Gasteiger partial charge is 0.271 e. The fourth-order valence-electron chi connectivity index (χ4n) is 3.12. The molecule has 0 atom stereocenters. The Morgan fingerprint density at radius 3 is 2.75 bits per heavy atom. The molecule has 0 aliphatic heterocycles. The van der Waals surface area contributed by atoms with E-state index in [2.05, 4.69) is 16.4 Å². The van der Waals surface area contributed by atoms with Crippen molar-refractivity contribution in [3.05, 3.63) is 63.1 Å². The van der Waals surface area contributed by atoms with Crippen molar-refractivity contribution in [3.8, 4) is 6.07 Å². The number of aromatic amines is 1. The molecule has 0 saturated carbocycles. The molecule has 5 nitrogen and oxygen atoms in total. The summed E-state index contributed by atoms with van der Waals surface area (Å²) in [6, 6.07) is 11.3. The van der Waals surface area contributed by atoms with Gasteiger partial charge in [-0.25, -0.2) is 0 Å². The van der Waals surface area contributed by atoms with E-state index in [9.17, 15) is 9.59 Å². The van der Waals surface area contributed by atoms with Gasteiger partial charge in [0.05, 0.1) is 18.9 Å². The molecule has 1 amide bonds. The van der Waals surface area contributed by atoms with Crippen LogP contribution in [0.5, 0.6) is 0 Å². The second-order valence-corrected chi connectivity index (χ2v) is 6.05. The molecule has 1 aromatic heterocycles. The highest BCUT2D eigenvalue weighted by Crippen LogP contribution is 2.20. The van der Waals surface area contributed by atoms with Crippen LogP contribution in [0.3, 0.4) is 0 Å². The number of rotatable bonds is 4. The molecule has 1 heterocycles. The second-order valence-electron chi connectivity index (χ2n) is 6.05. The Morgan fingerprint density at radius 2 is 1.96 bits per heavy atom. The molecule has 1 aromatic carbocycles. The summed E-state index contributed by atoms with van der Waals surface area (Å²) in [6.07, 6.45) is 4.43. The van der Waals surface area contributed by atoms with Crippen molar-refractivity contribution in [2.45, 2.75) is 38.5 Å². The van der Waals surface area contributed by atoms with Gasteiger partial charge in [0.15, 0.2) is 0 Å². The van der Waals surface area contributed by atoms with Crippen molar-refractivity contribution in [1.29, 1.82) is 5.26 Å². The van der Waals surface area contributed by atoms with Gasteiger partial charge in [-0.2, -0.15) is 5.26 Å². The number of nitriles is 1. The molecule has 0 fully saturated rings. The highest BCUT2D eigenvalue weighted by atomic mass is 16.2. The number of amides is 1. The Labute approximate surface area is 140 Å². The van der Waals surface area contributed by atoms with Gasteiger partial charge in [-0.05, 0) is 48.4 Å². The van der Waals surface area contributed by atoms with E-state index in [1.807, 2.05) is 24.3 Å². The van der Waals surface area contributed by atoms with Gasteiger partial charge in [0.1, 0.15) is 5.69 Å². The van der Waals surface area contributed by atoms with Gasteiger partial charge in [0.2, 0.25) is 5.91 Å². The monoisotopic (exact) mass is 321 g/mol. The summed E-state index contributed by atoms with van der Waals surface area (Å²) in [7, 11) is 0. The van der Waals surface area contributed by atoms with Gasteiger partial charge < -0.3 is 10.3 Å². The third kappa shape index (κ3) is 3.54. The lowest BCUT2D eigenvalue weighted by molar-refractivity contribution is -0.115. The molecule has 0 spiro atoms. The van der Waals surface area contributed by atoms with Crippen molar-refractivity contribution < 1.29 is 4.79 Å². The molecular weight excluding hydrogens is 302 g/mol. The van der Waals surface area contributed by atoms with E-state index in [0.717, 1.165) is 48.1 Å². The minimum absolute atomic E-state index is 0.147. The number of carbonyl (C=O) groups excluding carboxylic acids is 1. The standard InChI is InChI=1S/C19H19N3O2/c20-10-9-13-5-1-2-6-14(13)12-18(23)21-17-11-15-7-3-4-8-16(15)22-19(17)24/h1-2,5-6,11H,3-4,7-9,12H2,(H,21,23)(H,22,24). The third-order valence-electron chi connectivity index (χ3n) is 4.35. The van der Waals surface area contributed by atoms with Crippen LogP contribution in [0.2, 0.25) is 0 Å². The van der Waals surface area contributed by atoms with Crippen molar-refractivity contribution in [2.24, 2.45) is 0 Å². The number of carbonyl (C=O) groups is 1. The Bertz CT molecular complexity index is 862. The van der Waals surface area contributed by atoms with Crippen LogP contribution >= 0.6 is 0 Å². The number of fused-ring (bicyclic) bond motifs is 1. The molecule has 1 aliphatic rings. The summed E-state index contributed by atoms with van der Waals surface area (Å²) >= 11 is 0. The highest BCUT2D eigenvalue weighted by Gasteiger charge is 2.15. The molecule has 122 valence electrons. The molecule has 2 aromatic rings. The summed E-state index contributed by atoms with van der Waals surface area (Å²) in [5, 5.41) is 11.6. The summed E-state index contributed by atoms with van der Waals surface area (Å²) in [5.41, 5.74) is 3.80. The van der Waals surface area contributed by atoms with E-state index in [0.29, 0.717) is 5.69 Å². The molecule has 0 bridgehead atoms. The summed E-state index contributed by atoms with van der Waals surface area (Å²) in [6.45, 7) is 0. The number of aryl methyl sites for hydroxylation is 2. The van der Waals surface area contributed by atoms with Crippen LogP contribution in [-0.2, 0) is 30.5 Å². The predicted molar refractivity (Wildman–Crippen MR) is 91.8 cm³/mol. The second kappa shape index (κ2) is 7.14. The van der Waals surface area contributed by atoms with E-state index in [1.54, 1.807) is 6.07 Å². The van der Waals surface area contributed by atoms with Crippen LogP contribution in [-0.4, -0.2) is 10.9 Å². The number of anilines is 1. The van der Waals surface area contributed by atoms with E-state index in [-0.39, 0.29) is 24.3 Å². The molecule has 0 radical (unpaired) electrons. The first kappa shape index (κ1) is 16.0. The maximum absolute atomic E-state index is 12.3. The SMILES string of the molecule is N#CCc1ccccc1CC(=O)Nc1cc2c([nH]c1=O)CCCC2. The molecule has 3 rings (SSSR count). The summed E-state index contributed by atoms with van der Waals surface area (Å²) in [5.74, 6) is -0.248. The number of pyridine rings is 1. The number of nitrogens with one attached hydrogen (secondary N) is 2. The Kier molecular flexibility index (Phi) is 4.76. The minimum atomic E-state index is -0.255. The predicted octanol–water partition coefficient (Wildman–Crippen LogP) is 2.50. The van der Waals surface area contributed by atoms with Crippen LogP contribution in [0.1, 0.15) is 35.2 Å². The van der Waals surface area contributed by atoms with Crippen LogP contribution in [0.25, 0.3) is 0 Å². The van der Waals surface area contributed by atoms with E-state index in [4.69, 9.17) is 5.26 Å². The van der Waals surface area contributed by atoms with Crippen LogP contribution < -0.4 is 10.9 Å². The van der Waals surface area contributed by atoms with Gasteiger partial charge in [-0.3, -0.25) is 9.59 Å². The highest BCUT2D eigenvalue weighted by molar-refractivity contribution is 5.92. The van der Waals surface area contributed by atoms with Gasteiger partial charge in [0.25, 0.3) is 5.56 Å². The van der Waals surface area contributed by atoms with Crippen molar-refractivity contribution in [3.63, 3.8) is 0 Å². The zero-order valence-electron chi connectivity index (χ0n) is 13.4. The third-order valence-corrected chi connectivity index (χ3v) is 4.35. The number of hydrogen-bond acceptors (Lipinski definition) is 3. The fraction of sp³-hybridized carbons (Fsp3) is 0.316. The Morgan fingerprint density at radius 1 is 1.21 bits per heavy atom. The average molecular weight is 321 g/mol. The lowest BCUT2D eigenvalue weighted by Crippen LogP contribution is -2.24. The number of hydrogen-bond donors (Lipinski definition) is 2. The van der Waals surface area contributed by atoms with Gasteiger partial charge in [0, 0.05) is 5.69 Å². The first-order valence-corrected chi connectivity index (χ1v) is 8.16. The maximum atomic E-state index is 12.3. The van der Waals surface area contributed by atoms with Crippen molar-refractivity contribution >= 4 is 11.6 Å². The van der Waals surface area contributed by atoms with E-state index in [1.165, 1.54) is 0 Å². The lowest BCUT2D eigenvalue weighted by atomic mass is 9.96. The number of aromatic nitrogens is 1. The Hall–Kier alpha value is -2.87. The molecule has 1 aliphatic carbocycles. The first-order chi connectivity index (χ1) is 11.7. The van der Waals surface area contributed by atoms with Crippen LogP contribution in [0.15, 0.2) is 35.1 Å². The Balaban J connectivity index is 1.76. The van der Waals surface area contributed by atoms with E-state index < -0.39 is 0 Å². The number of benzene rings is 1. The number of H-pyrrole nitrogens is 1. The lowest BCUT2D eigenvalue weighted by Gasteiger charge is -2.16. The molecule has 24 heavy (non-hydrogen) atoms. The largest absolute Gasteiger partial charge is 0.324 e. The molecule has 0 unspecified atom stereocenters. The molecule has 2 N–H and O–H groups in total. The van der Waals surface area contributed by atoms with Crippen LogP contribution in [0, 0.1) is 11.3 Å². The van der Waals surface area contributed by atoms with Gasteiger partial charge >= 0.3 is 0 Å².